The largest absolute Gasteiger partial charge is 0.623 e. The normalized spacial score (nSPS) is 12.3. The molecular weight excluding hydrogens is 226 g/mol. The first kappa shape index (κ1) is 14.2. The molecule has 0 spiro atoms. The summed E-state index contributed by atoms with van der Waals surface area (Å²) in [5.41, 5.74) is 1.50. The van der Waals surface area contributed by atoms with Crippen LogP contribution in [0.4, 0.5) is 0 Å². The maximum Gasteiger partial charge on any atom is 0.182 e. The molecule has 0 fully saturated rings. The van der Waals surface area contributed by atoms with Gasteiger partial charge in [0, 0.05) is 32.9 Å². The van der Waals surface area contributed by atoms with E-state index in [1.165, 1.54) is 0 Å². The highest BCUT2D eigenvalue weighted by Gasteiger charge is 2.17. The summed E-state index contributed by atoms with van der Waals surface area (Å²) >= 11 is 0. The van der Waals surface area contributed by atoms with Crippen LogP contribution in [-0.4, -0.2) is 22.3 Å². The fraction of sp³-hybridized carbons (Fsp3) is 0.429. The highest BCUT2D eigenvalue weighted by molar-refractivity contribution is 5.77. The van der Waals surface area contributed by atoms with E-state index in [0.29, 0.717) is 12.4 Å². The summed E-state index contributed by atoms with van der Waals surface area (Å²) in [5.74, 6) is 0.435. The Kier molecular flexibility index (Phi) is 4.48. The van der Waals surface area contributed by atoms with Gasteiger partial charge in [0.1, 0.15) is 0 Å². The van der Waals surface area contributed by atoms with Gasteiger partial charge in [0.2, 0.25) is 0 Å². The van der Waals surface area contributed by atoms with Crippen molar-refractivity contribution in [2.24, 2.45) is 0 Å². The molecule has 1 aromatic rings. The molecule has 0 atom stereocenters. The molecule has 0 unspecified atom stereocenters. The Morgan fingerprint density at radius 1 is 1.44 bits per heavy atom. The average molecular weight is 247 g/mol. The molecule has 0 radical (unpaired) electrons. The van der Waals surface area contributed by atoms with Gasteiger partial charge in [-0.15, -0.1) is 0 Å². The lowest BCUT2D eigenvalue weighted by Crippen LogP contribution is -2.29. The van der Waals surface area contributed by atoms with E-state index in [1.807, 2.05) is 45.0 Å². The van der Waals surface area contributed by atoms with Gasteiger partial charge in [-0.2, -0.15) is 0 Å². The minimum Gasteiger partial charge on any atom is -0.623 e. The van der Waals surface area contributed by atoms with Crippen LogP contribution in [0.15, 0.2) is 24.3 Å². The Hall–Kier alpha value is -1.84. The zero-order valence-electron chi connectivity index (χ0n) is 11.4. The van der Waals surface area contributed by atoms with Gasteiger partial charge in [-0.1, -0.05) is 12.1 Å². The molecule has 18 heavy (non-hydrogen) atoms. The third-order valence-corrected chi connectivity index (χ3v) is 2.44. The Balaban J connectivity index is 2.86. The predicted octanol–water partition coefficient (Wildman–Crippen LogP) is 2.50. The van der Waals surface area contributed by atoms with Crippen LogP contribution in [0.3, 0.4) is 0 Å². The SMILES string of the molecule is CC(=N)NCc1cccc(/C=[N+](\[O-])C(C)(C)C)c1. The molecule has 0 saturated heterocycles. The average Bonchev–Trinajstić information content (AvgIpc) is 2.25. The smallest absolute Gasteiger partial charge is 0.182 e. The Bertz CT molecular complexity index is 458. The van der Waals surface area contributed by atoms with Crippen molar-refractivity contribution in [3.8, 4) is 0 Å². The quantitative estimate of drug-likeness (QED) is 0.283. The lowest BCUT2D eigenvalue weighted by molar-refractivity contribution is -0.530. The summed E-state index contributed by atoms with van der Waals surface area (Å²) in [6.45, 7) is 7.93. The number of nitrogens with one attached hydrogen (secondary N) is 2. The fourth-order valence-electron chi connectivity index (χ4n) is 1.35. The fourth-order valence-corrected chi connectivity index (χ4v) is 1.35. The monoisotopic (exact) mass is 247 g/mol. The van der Waals surface area contributed by atoms with E-state index in [1.54, 1.807) is 13.1 Å². The molecule has 0 aliphatic heterocycles. The second kappa shape index (κ2) is 5.67. The van der Waals surface area contributed by atoms with E-state index in [2.05, 4.69) is 5.32 Å². The Morgan fingerprint density at radius 2 is 2.11 bits per heavy atom. The Labute approximate surface area is 108 Å². The summed E-state index contributed by atoms with van der Waals surface area (Å²) in [7, 11) is 0. The summed E-state index contributed by atoms with van der Waals surface area (Å²) in [5, 5.41) is 22.1. The van der Waals surface area contributed by atoms with E-state index in [-0.39, 0.29) is 0 Å². The first-order chi connectivity index (χ1) is 8.29. The lowest BCUT2D eigenvalue weighted by Gasteiger charge is -2.18. The molecule has 0 aliphatic rings. The molecule has 0 amide bonds. The third-order valence-electron chi connectivity index (χ3n) is 2.44. The van der Waals surface area contributed by atoms with Crippen LogP contribution in [0, 0.1) is 10.6 Å². The van der Waals surface area contributed by atoms with Crippen molar-refractivity contribution in [3.05, 3.63) is 40.6 Å². The van der Waals surface area contributed by atoms with Crippen molar-refractivity contribution < 1.29 is 4.74 Å². The molecule has 2 N–H and O–H groups in total. The molecule has 0 bridgehead atoms. The molecule has 4 heteroatoms. The van der Waals surface area contributed by atoms with Crippen LogP contribution in [0.5, 0.6) is 0 Å². The summed E-state index contributed by atoms with van der Waals surface area (Å²) in [4.78, 5) is 0. The van der Waals surface area contributed by atoms with Gasteiger partial charge in [0.15, 0.2) is 11.8 Å². The number of benzene rings is 1. The zero-order chi connectivity index (χ0) is 13.8. The van der Waals surface area contributed by atoms with Gasteiger partial charge in [-0.25, -0.2) is 4.74 Å². The molecule has 0 saturated carbocycles. The van der Waals surface area contributed by atoms with Gasteiger partial charge in [0.05, 0.1) is 5.84 Å². The molecular formula is C14H21N3O. The Morgan fingerprint density at radius 3 is 2.67 bits per heavy atom. The van der Waals surface area contributed by atoms with Crippen molar-refractivity contribution >= 4 is 12.1 Å². The molecule has 0 aromatic heterocycles. The van der Waals surface area contributed by atoms with Crippen LogP contribution in [0.25, 0.3) is 0 Å². The van der Waals surface area contributed by atoms with Gasteiger partial charge >= 0.3 is 0 Å². The van der Waals surface area contributed by atoms with Crippen molar-refractivity contribution in [2.45, 2.75) is 39.8 Å². The number of hydrogen-bond acceptors (Lipinski definition) is 2. The highest BCUT2D eigenvalue weighted by atomic mass is 16.5. The third kappa shape index (κ3) is 4.57. The van der Waals surface area contributed by atoms with E-state index in [0.717, 1.165) is 15.9 Å². The number of hydroxylamine groups is 1. The summed E-state index contributed by atoms with van der Waals surface area (Å²) in [6.07, 6.45) is 1.60. The second-order valence-electron chi connectivity index (χ2n) is 5.35. The van der Waals surface area contributed by atoms with Gasteiger partial charge in [0.25, 0.3) is 0 Å². The van der Waals surface area contributed by atoms with Crippen molar-refractivity contribution in [3.63, 3.8) is 0 Å². The highest BCUT2D eigenvalue weighted by Crippen LogP contribution is 2.08. The van der Waals surface area contributed by atoms with Gasteiger partial charge < -0.3 is 10.5 Å². The van der Waals surface area contributed by atoms with Crippen LogP contribution >= 0.6 is 0 Å². The van der Waals surface area contributed by atoms with Crippen LogP contribution in [-0.2, 0) is 6.54 Å². The minimum absolute atomic E-state index is 0.431. The number of nitrogens with zero attached hydrogens (tertiary/aromatic N) is 1. The summed E-state index contributed by atoms with van der Waals surface area (Å²) in [6, 6.07) is 7.74. The van der Waals surface area contributed by atoms with E-state index < -0.39 is 5.54 Å². The topological polar surface area (TPSA) is 62.0 Å². The van der Waals surface area contributed by atoms with Crippen LogP contribution in [0.1, 0.15) is 38.8 Å². The maximum absolute atomic E-state index is 11.8. The number of rotatable bonds is 3. The van der Waals surface area contributed by atoms with Crippen LogP contribution < -0.4 is 5.32 Å². The van der Waals surface area contributed by atoms with Gasteiger partial charge in [-0.3, -0.25) is 5.41 Å². The zero-order valence-corrected chi connectivity index (χ0v) is 11.4. The number of hydrogen-bond donors (Lipinski definition) is 2. The standard InChI is InChI=1S/C14H21N3O/c1-11(15)16-9-12-6-5-7-13(8-12)10-17(18)14(2,3)4/h5-8,10H,9H2,1-4H3,(H2,15,16)/b17-10-. The molecule has 98 valence electrons. The van der Waals surface area contributed by atoms with E-state index >= 15 is 0 Å². The van der Waals surface area contributed by atoms with E-state index in [9.17, 15) is 5.21 Å². The molecule has 1 rings (SSSR count). The van der Waals surface area contributed by atoms with Crippen molar-refractivity contribution in [2.75, 3.05) is 0 Å². The lowest BCUT2D eigenvalue weighted by atomic mass is 10.1. The first-order valence-corrected chi connectivity index (χ1v) is 5.98. The second-order valence-corrected chi connectivity index (χ2v) is 5.35. The predicted molar refractivity (Wildman–Crippen MR) is 75.2 cm³/mol. The number of amidine groups is 1. The van der Waals surface area contributed by atoms with Crippen LogP contribution in [0.2, 0.25) is 0 Å². The van der Waals surface area contributed by atoms with Crippen molar-refractivity contribution in [1.82, 2.24) is 5.32 Å². The molecule has 1 aromatic carbocycles. The van der Waals surface area contributed by atoms with Gasteiger partial charge in [-0.05, 0) is 24.6 Å². The summed E-state index contributed by atoms with van der Waals surface area (Å²) < 4.78 is 0.960. The minimum atomic E-state index is -0.431. The molecule has 0 heterocycles. The maximum atomic E-state index is 11.8. The van der Waals surface area contributed by atoms with E-state index in [4.69, 9.17) is 5.41 Å². The first-order valence-electron chi connectivity index (χ1n) is 5.98. The molecule has 0 aliphatic carbocycles. The molecule has 4 nitrogen and oxygen atoms in total. The van der Waals surface area contributed by atoms with Crippen molar-refractivity contribution in [1.29, 1.82) is 5.41 Å².